The fourth-order valence-electron chi connectivity index (χ4n) is 0.809. The lowest BCUT2D eigenvalue weighted by Crippen LogP contribution is -2.42. The molecule has 0 bridgehead atoms. The van der Waals surface area contributed by atoms with Gasteiger partial charge in [0.1, 0.15) is 6.34 Å². The molecule has 0 fully saturated rings. The van der Waals surface area contributed by atoms with Gasteiger partial charge in [-0.3, -0.25) is 5.01 Å². The van der Waals surface area contributed by atoms with Crippen LogP contribution in [-0.4, -0.2) is 23.9 Å². The van der Waals surface area contributed by atoms with Crippen molar-refractivity contribution in [3.8, 4) is 0 Å². The summed E-state index contributed by atoms with van der Waals surface area (Å²) in [5.74, 6) is 5.02. The van der Waals surface area contributed by atoms with Crippen molar-refractivity contribution >= 4 is 6.34 Å². The van der Waals surface area contributed by atoms with Crippen LogP contribution in [0.1, 0.15) is 27.2 Å². The highest BCUT2D eigenvalue weighted by Crippen LogP contribution is 1.85. The maximum atomic E-state index is 5.02. The van der Waals surface area contributed by atoms with E-state index in [1.807, 2.05) is 5.01 Å². The van der Waals surface area contributed by atoms with Crippen LogP contribution in [0.3, 0.4) is 0 Å². The number of hydrazone groups is 1. The van der Waals surface area contributed by atoms with Gasteiger partial charge in [0.2, 0.25) is 0 Å². The maximum Gasteiger partial charge on any atom is 0.125 e. The highest BCUT2D eigenvalue weighted by molar-refractivity contribution is 5.53. The Balaban J connectivity index is 3.69. The first-order valence-corrected chi connectivity index (χ1v) is 3.96. The van der Waals surface area contributed by atoms with Crippen molar-refractivity contribution in [2.75, 3.05) is 6.54 Å². The summed E-state index contributed by atoms with van der Waals surface area (Å²) in [6.07, 6.45) is 2.68. The van der Waals surface area contributed by atoms with Crippen LogP contribution in [-0.2, 0) is 0 Å². The molecule has 0 saturated heterocycles. The average molecular weight is 158 g/mol. The third kappa shape index (κ3) is 5.66. The molecule has 0 aliphatic heterocycles. The van der Waals surface area contributed by atoms with Crippen LogP contribution < -0.4 is 11.3 Å². The highest BCUT2D eigenvalue weighted by Gasteiger charge is 1.98. The minimum absolute atomic E-state index is 0.416. The summed E-state index contributed by atoms with van der Waals surface area (Å²) < 4.78 is 0. The van der Waals surface area contributed by atoms with Crippen molar-refractivity contribution in [2.45, 2.75) is 33.2 Å². The Morgan fingerprint density at radius 1 is 1.64 bits per heavy atom. The molecule has 0 aliphatic rings. The molecule has 0 aromatic rings. The summed E-state index contributed by atoms with van der Waals surface area (Å²) in [5.41, 5.74) is 3.19. The summed E-state index contributed by atoms with van der Waals surface area (Å²) in [5, 5.41) is 5.34. The molecule has 0 aromatic heterocycles. The Morgan fingerprint density at radius 2 is 2.27 bits per heavy atom. The first-order chi connectivity index (χ1) is 5.20. The third-order valence-corrected chi connectivity index (χ3v) is 1.09. The molecule has 4 nitrogen and oxygen atoms in total. The molecule has 4 heteroatoms. The molecular weight excluding hydrogens is 140 g/mol. The second-order valence-electron chi connectivity index (χ2n) is 2.74. The Labute approximate surface area is 68.4 Å². The van der Waals surface area contributed by atoms with Crippen molar-refractivity contribution in [2.24, 2.45) is 10.9 Å². The van der Waals surface area contributed by atoms with E-state index in [9.17, 15) is 0 Å². The number of rotatable bonds is 5. The van der Waals surface area contributed by atoms with E-state index in [0.29, 0.717) is 6.04 Å². The van der Waals surface area contributed by atoms with E-state index in [4.69, 9.17) is 5.84 Å². The van der Waals surface area contributed by atoms with Crippen LogP contribution in [0.5, 0.6) is 0 Å². The van der Waals surface area contributed by atoms with Crippen LogP contribution in [0.4, 0.5) is 0 Å². The van der Waals surface area contributed by atoms with Crippen LogP contribution in [0.2, 0.25) is 0 Å². The predicted octanol–water partition coefficient (Wildman–Crippen LogP) is 0.513. The van der Waals surface area contributed by atoms with E-state index in [2.05, 4.69) is 31.3 Å². The molecule has 0 aliphatic carbocycles. The average Bonchev–Trinajstić information content (AvgIpc) is 1.87. The van der Waals surface area contributed by atoms with Gasteiger partial charge < -0.3 is 5.84 Å². The largest absolute Gasteiger partial charge is 0.322 e. The van der Waals surface area contributed by atoms with Crippen LogP contribution in [0, 0.1) is 0 Å². The lowest BCUT2D eigenvalue weighted by atomic mass is 10.4. The normalized spacial score (nSPS) is 11.3. The van der Waals surface area contributed by atoms with Crippen molar-refractivity contribution in [1.82, 2.24) is 10.4 Å². The van der Waals surface area contributed by atoms with E-state index < -0.39 is 0 Å². The summed E-state index contributed by atoms with van der Waals surface area (Å²) >= 11 is 0. The lowest BCUT2D eigenvalue weighted by molar-refractivity contribution is 0.284. The first-order valence-electron chi connectivity index (χ1n) is 3.96. The maximum absolute atomic E-state index is 5.02. The van der Waals surface area contributed by atoms with Crippen molar-refractivity contribution in [3.05, 3.63) is 0 Å². The molecule has 3 N–H and O–H groups in total. The van der Waals surface area contributed by atoms with Gasteiger partial charge in [-0.15, -0.1) is 0 Å². The molecule has 0 heterocycles. The Hall–Kier alpha value is -0.770. The Bertz CT molecular complexity index is 111. The molecule has 66 valence electrons. The van der Waals surface area contributed by atoms with E-state index in [1.54, 1.807) is 6.34 Å². The van der Waals surface area contributed by atoms with Crippen LogP contribution >= 0.6 is 0 Å². The van der Waals surface area contributed by atoms with Gasteiger partial charge in [0.25, 0.3) is 0 Å². The fraction of sp³-hybridized carbons (Fsp3) is 0.857. The molecule has 0 aromatic carbocycles. The SMILES string of the molecule is CCCN(/C=N\N)NC(C)C. The van der Waals surface area contributed by atoms with E-state index in [0.717, 1.165) is 13.0 Å². The summed E-state index contributed by atoms with van der Waals surface area (Å²) in [4.78, 5) is 0. The van der Waals surface area contributed by atoms with Gasteiger partial charge in [0.15, 0.2) is 0 Å². The molecule has 0 atom stereocenters. The van der Waals surface area contributed by atoms with Gasteiger partial charge >= 0.3 is 0 Å². The number of nitrogens with zero attached hydrogens (tertiary/aromatic N) is 2. The van der Waals surface area contributed by atoms with E-state index >= 15 is 0 Å². The van der Waals surface area contributed by atoms with Crippen molar-refractivity contribution in [3.63, 3.8) is 0 Å². The van der Waals surface area contributed by atoms with Crippen molar-refractivity contribution < 1.29 is 0 Å². The standard InChI is InChI=1S/C7H18N4/c1-4-5-11(6-9-8)10-7(2)3/h6-7,10H,4-5,8H2,1-3H3/b9-6-. The van der Waals surface area contributed by atoms with Crippen LogP contribution in [0.15, 0.2) is 5.10 Å². The number of nitrogens with one attached hydrogen (secondary N) is 1. The number of hydrazine groups is 1. The van der Waals surface area contributed by atoms with Gasteiger partial charge in [0, 0.05) is 12.6 Å². The molecular formula is C7H18N4. The quantitative estimate of drug-likeness (QED) is 0.265. The number of nitrogens with two attached hydrogens (primary N) is 1. The topological polar surface area (TPSA) is 53.6 Å². The molecule has 0 unspecified atom stereocenters. The van der Waals surface area contributed by atoms with E-state index in [1.165, 1.54) is 0 Å². The van der Waals surface area contributed by atoms with Gasteiger partial charge in [-0.25, -0.2) is 5.43 Å². The van der Waals surface area contributed by atoms with Gasteiger partial charge in [-0.1, -0.05) is 6.92 Å². The predicted molar refractivity (Wildman–Crippen MR) is 47.9 cm³/mol. The minimum atomic E-state index is 0.416. The monoisotopic (exact) mass is 158 g/mol. The second kappa shape index (κ2) is 5.97. The van der Waals surface area contributed by atoms with Crippen molar-refractivity contribution in [1.29, 1.82) is 0 Å². The fourth-order valence-corrected chi connectivity index (χ4v) is 0.809. The molecule has 0 rings (SSSR count). The molecule has 0 spiro atoms. The first kappa shape index (κ1) is 10.2. The number of hydrogen-bond donors (Lipinski definition) is 2. The molecule has 0 amide bonds. The number of hydrogen-bond acceptors (Lipinski definition) is 3. The summed E-state index contributed by atoms with van der Waals surface area (Å²) in [6, 6.07) is 0.416. The van der Waals surface area contributed by atoms with E-state index in [-0.39, 0.29) is 0 Å². The smallest absolute Gasteiger partial charge is 0.125 e. The molecule has 0 saturated carbocycles. The van der Waals surface area contributed by atoms with Gasteiger partial charge in [0.05, 0.1) is 0 Å². The zero-order valence-corrected chi connectivity index (χ0v) is 7.54. The highest BCUT2D eigenvalue weighted by atomic mass is 15.5. The zero-order valence-electron chi connectivity index (χ0n) is 7.54. The minimum Gasteiger partial charge on any atom is -0.322 e. The Kier molecular flexibility index (Phi) is 5.56. The third-order valence-electron chi connectivity index (χ3n) is 1.09. The Morgan fingerprint density at radius 3 is 2.64 bits per heavy atom. The lowest BCUT2D eigenvalue weighted by Gasteiger charge is -2.21. The van der Waals surface area contributed by atoms with Gasteiger partial charge in [-0.05, 0) is 20.3 Å². The molecule has 0 radical (unpaired) electrons. The zero-order chi connectivity index (χ0) is 8.69. The summed E-state index contributed by atoms with van der Waals surface area (Å²) in [7, 11) is 0. The second-order valence-corrected chi connectivity index (χ2v) is 2.74. The van der Waals surface area contributed by atoms with Crippen LogP contribution in [0.25, 0.3) is 0 Å². The van der Waals surface area contributed by atoms with Gasteiger partial charge in [-0.2, -0.15) is 5.10 Å². The summed E-state index contributed by atoms with van der Waals surface area (Å²) in [6.45, 7) is 7.19. The molecule has 11 heavy (non-hydrogen) atoms.